The highest BCUT2D eigenvalue weighted by Crippen LogP contribution is 2.32. The van der Waals surface area contributed by atoms with Gasteiger partial charge in [0.2, 0.25) is 5.91 Å². The Bertz CT molecular complexity index is 446. The van der Waals surface area contributed by atoms with E-state index in [9.17, 15) is 18.0 Å². The Morgan fingerprint density at radius 3 is 2.85 bits per heavy atom. The highest BCUT2D eigenvalue weighted by atomic mass is 19.4. The first-order valence-corrected chi connectivity index (χ1v) is 6.42. The monoisotopic (exact) mass is 290 g/mol. The van der Waals surface area contributed by atoms with Crippen molar-refractivity contribution in [2.75, 3.05) is 6.54 Å². The fourth-order valence-corrected chi connectivity index (χ4v) is 2.59. The van der Waals surface area contributed by atoms with Crippen LogP contribution in [0.25, 0.3) is 0 Å². The van der Waals surface area contributed by atoms with Gasteiger partial charge >= 0.3 is 6.18 Å². The van der Waals surface area contributed by atoms with Crippen LogP contribution in [0.15, 0.2) is 12.3 Å². The lowest BCUT2D eigenvalue weighted by molar-refractivity contribution is -0.194. The lowest BCUT2D eigenvalue weighted by atomic mass is 9.97. The van der Waals surface area contributed by atoms with E-state index in [1.165, 1.54) is 18.0 Å². The Balaban J connectivity index is 2.08. The molecule has 0 bridgehead atoms. The number of amides is 1. The van der Waals surface area contributed by atoms with Gasteiger partial charge in [-0.2, -0.15) is 18.3 Å². The van der Waals surface area contributed by atoms with Crippen LogP contribution < -0.4 is 5.32 Å². The van der Waals surface area contributed by atoms with E-state index in [0.29, 0.717) is 12.1 Å². The van der Waals surface area contributed by atoms with Crippen molar-refractivity contribution in [3.05, 3.63) is 18.0 Å². The van der Waals surface area contributed by atoms with Gasteiger partial charge in [-0.25, -0.2) is 0 Å². The predicted molar refractivity (Wildman–Crippen MR) is 65.7 cm³/mol. The highest BCUT2D eigenvalue weighted by Gasteiger charge is 2.46. The van der Waals surface area contributed by atoms with Crippen molar-refractivity contribution in [3.63, 3.8) is 0 Å². The van der Waals surface area contributed by atoms with E-state index in [-0.39, 0.29) is 31.5 Å². The van der Waals surface area contributed by atoms with Gasteiger partial charge in [0.05, 0.1) is 0 Å². The number of piperidine rings is 1. The van der Waals surface area contributed by atoms with E-state index >= 15 is 0 Å². The van der Waals surface area contributed by atoms with Crippen LogP contribution in [0.2, 0.25) is 0 Å². The fraction of sp³-hybridized carbons (Fsp3) is 0.667. The number of carbonyl (C=O) groups is 1. The first-order chi connectivity index (χ1) is 9.36. The molecule has 0 spiro atoms. The van der Waals surface area contributed by atoms with Gasteiger partial charge in [0.15, 0.2) is 0 Å². The molecule has 1 amide bonds. The first-order valence-electron chi connectivity index (χ1n) is 6.42. The zero-order valence-electron chi connectivity index (χ0n) is 11.1. The maximum Gasteiger partial charge on any atom is 0.404 e. The number of rotatable bonds is 3. The van der Waals surface area contributed by atoms with E-state index in [2.05, 4.69) is 15.5 Å². The number of carbonyl (C=O) groups excluding carboxylic acids is 1. The largest absolute Gasteiger partial charge is 0.404 e. The second-order valence-corrected chi connectivity index (χ2v) is 5.04. The minimum atomic E-state index is -4.26. The summed E-state index contributed by atoms with van der Waals surface area (Å²) in [5.74, 6) is -0.220. The number of halogens is 3. The Morgan fingerprint density at radius 1 is 1.55 bits per heavy atom. The van der Waals surface area contributed by atoms with E-state index in [0.717, 1.165) is 0 Å². The number of hydrogen-bond donors (Lipinski definition) is 2. The van der Waals surface area contributed by atoms with Gasteiger partial charge in [0, 0.05) is 37.9 Å². The molecule has 1 aromatic heterocycles. The topological polar surface area (TPSA) is 61.0 Å². The third kappa shape index (κ3) is 3.72. The summed E-state index contributed by atoms with van der Waals surface area (Å²) in [5, 5.41) is 9.09. The van der Waals surface area contributed by atoms with E-state index in [1.807, 2.05) is 0 Å². The van der Waals surface area contributed by atoms with E-state index in [4.69, 9.17) is 0 Å². The Hall–Kier alpha value is -1.57. The third-order valence-electron chi connectivity index (χ3n) is 3.40. The number of aromatic amines is 1. The Kier molecular flexibility index (Phi) is 4.32. The average Bonchev–Trinajstić information content (AvgIpc) is 2.79. The molecule has 8 heteroatoms. The van der Waals surface area contributed by atoms with E-state index in [1.54, 1.807) is 6.07 Å². The summed E-state index contributed by atoms with van der Waals surface area (Å²) >= 11 is 0. The number of likely N-dealkylation sites (tertiary alicyclic amines) is 1. The van der Waals surface area contributed by atoms with Gasteiger partial charge in [-0.15, -0.1) is 0 Å². The quantitative estimate of drug-likeness (QED) is 0.885. The SMILES string of the molecule is CC(=O)N[C@H]1CC[C@@H](C(F)(F)F)N(Cc2ccn[nH]2)C1. The van der Waals surface area contributed by atoms with Crippen molar-refractivity contribution in [1.82, 2.24) is 20.4 Å². The molecule has 0 unspecified atom stereocenters. The average molecular weight is 290 g/mol. The van der Waals surface area contributed by atoms with Crippen LogP contribution in [-0.4, -0.2) is 45.8 Å². The van der Waals surface area contributed by atoms with Gasteiger partial charge in [0.1, 0.15) is 6.04 Å². The summed E-state index contributed by atoms with van der Waals surface area (Å²) < 4.78 is 39.2. The summed E-state index contributed by atoms with van der Waals surface area (Å²) in [7, 11) is 0. The molecule has 112 valence electrons. The molecule has 0 radical (unpaired) electrons. The second kappa shape index (κ2) is 5.82. The predicted octanol–water partition coefficient (Wildman–Crippen LogP) is 1.44. The zero-order chi connectivity index (χ0) is 14.8. The molecular formula is C12H17F3N4O. The molecule has 1 aromatic rings. The maximum atomic E-state index is 13.1. The molecule has 0 aromatic carbocycles. The van der Waals surface area contributed by atoms with Gasteiger partial charge in [-0.1, -0.05) is 0 Å². The molecule has 1 aliphatic rings. The van der Waals surface area contributed by atoms with Crippen LogP contribution in [0.4, 0.5) is 13.2 Å². The summed E-state index contributed by atoms with van der Waals surface area (Å²) in [5.41, 5.74) is 0.628. The van der Waals surface area contributed by atoms with Gasteiger partial charge in [0.25, 0.3) is 0 Å². The molecule has 1 saturated heterocycles. The maximum absolute atomic E-state index is 13.1. The van der Waals surface area contributed by atoms with Crippen molar-refractivity contribution < 1.29 is 18.0 Å². The number of aromatic nitrogens is 2. The number of H-pyrrole nitrogens is 1. The summed E-state index contributed by atoms with van der Waals surface area (Å²) in [6.45, 7) is 1.69. The molecule has 0 aliphatic carbocycles. The minimum absolute atomic E-state index is 0.0113. The normalized spacial score (nSPS) is 24.6. The second-order valence-electron chi connectivity index (χ2n) is 5.04. The Labute approximate surface area is 114 Å². The van der Waals surface area contributed by atoms with Crippen molar-refractivity contribution in [2.45, 2.75) is 44.6 Å². The van der Waals surface area contributed by atoms with Crippen molar-refractivity contribution in [1.29, 1.82) is 0 Å². The molecular weight excluding hydrogens is 273 g/mol. The zero-order valence-corrected chi connectivity index (χ0v) is 11.1. The standard InChI is InChI=1S/C12H17F3N4O/c1-8(20)17-9-2-3-11(12(13,14)15)19(6-9)7-10-4-5-16-18-10/h4-5,9,11H,2-3,6-7H2,1H3,(H,16,18)(H,17,20)/t9-,11-/m0/s1. The van der Waals surface area contributed by atoms with Gasteiger partial charge in [-0.05, 0) is 18.9 Å². The van der Waals surface area contributed by atoms with Crippen molar-refractivity contribution >= 4 is 5.91 Å². The third-order valence-corrected chi connectivity index (χ3v) is 3.40. The number of nitrogens with zero attached hydrogens (tertiary/aromatic N) is 2. The molecule has 2 rings (SSSR count). The van der Waals surface area contributed by atoms with Crippen LogP contribution >= 0.6 is 0 Å². The van der Waals surface area contributed by atoms with Gasteiger partial charge in [-0.3, -0.25) is 14.8 Å². The number of nitrogens with one attached hydrogen (secondary N) is 2. The smallest absolute Gasteiger partial charge is 0.352 e. The molecule has 0 saturated carbocycles. The summed E-state index contributed by atoms with van der Waals surface area (Å²) in [6, 6.07) is -0.0695. The van der Waals surface area contributed by atoms with Crippen LogP contribution in [-0.2, 0) is 11.3 Å². The lowest BCUT2D eigenvalue weighted by Crippen LogP contribution is -2.55. The summed E-state index contributed by atoms with van der Waals surface area (Å²) in [4.78, 5) is 12.4. The van der Waals surface area contributed by atoms with Crippen LogP contribution in [0.1, 0.15) is 25.5 Å². The molecule has 2 atom stereocenters. The van der Waals surface area contributed by atoms with E-state index < -0.39 is 12.2 Å². The van der Waals surface area contributed by atoms with Crippen molar-refractivity contribution in [2.24, 2.45) is 0 Å². The minimum Gasteiger partial charge on any atom is -0.352 e. The van der Waals surface area contributed by atoms with Gasteiger partial charge < -0.3 is 5.32 Å². The molecule has 5 nitrogen and oxygen atoms in total. The first kappa shape index (κ1) is 14.8. The van der Waals surface area contributed by atoms with Crippen LogP contribution in [0.5, 0.6) is 0 Å². The lowest BCUT2D eigenvalue weighted by Gasteiger charge is -2.40. The number of hydrogen-bond acceptors (Lipinski definition) is 3. The molecule has 2 N–H and O–H groups in total. The molecule has 20 heavy (non-hydrogen) atoms. The molecule has 2 heterocycles. The number of alkyl halides is 3. The molecule has 1 aliphatic heterocycles. The van der Waals surface area contributed by atoms with Crippen molar-refractivity contribution in [3.8, 4) is 0 Å². The highest BCUT2D eigenvalue weighted by molar-refractivity contribution is 5.73. The van der Waals surface area contributed by atoms with Crippen LogP contribution in [0, 0.1) is 0 Å². The summed E-state index contributed by atoms with van der Waals surface area (Å²) in [6.07, 6.45) is -2.43. The Morgan fingerprint density at radius 2 is 2.30 bits per heavy atom. The fourth-order valence-electron chi connectivity index (χ4n) is 2.59. The van der Waals surface area contributed by atoms with Crippen LogP contribution in [0.3, 0.4) is 0 Å². The molecule has 1 fully saturated rings.